The number of furan rings is 1. The van der Waals surface area contributed by atoms with Gasteiger partial charge in [-0.05, 0) is 52.2 Å². The van der Waals surface area contributed by atoms with E-state index in [0.717, 1.165) is 56.4 Å². The van der Waals surface area contributed by atoms with Crippen molar-refractivity contribution in [3.63, 3.8) is 0 Å². The molecule has 0 fully saturated rings. The SMILES string of the molecule is Cc1c[c-]c(-c2cc(CC(C)C)c([Si](C)(C)C)cn2)cc1.[Ir].[c-]1ccc2c(oc3cc(-c4ccccc4)ccc32)c1-c1ccccn1. The second-order valence-corrected chi connectivity index (χ2v) is 18.4. The molecule has 0 atom stereocenters. The molecule has 239 valence electrons. The van der Waals surface area contributed by atoms with Crippen LogP contribution in [0.3, 0.4) is 0 Å². The molecule has 3 nitrogen and oxygen atoms in total. The molecule has 0 saturated carbocycles. The van der Waals surface area contributed by atoms with Crippen LogP contribution in [0.2, 0.25) is 19.6 Å². The second kappa shape index (κ2) is 14.7. The van der Waals surface area contributed by atoms with Crippen molar-refractivity contribution >= 4 is 35.2 Å². The fourth-order valence-electron chi connectivity index (χ4n) is 5.84. The summed E-state index contributed by atoms with van der Waals surface area (Å²) < 4.78 is 6.23. The first kappa shape index (κ1) is 34.2. The molecule has 0 aliphatic rings. The van der Waals surface area contributed by atoms with Crippen molar-refractivity contribution in [3.05, 3.63) is 139 Å². The molecule has 0 spiro atoms. The average molecular weight is 809 g/mol. The third-order valence-electron chi connectivity index (χ3n) is 8.13. The van der Waals surface area contributed by atoms with E-state index in [-0.39, 0.29) is 20.1 Å². The molecule has 3 heterocycles. The summed E-state index contributed by atoms with van der Waals surface area (Å²) in [6, 6.07) is 41.8. The van der Waals surface area contributed by atoms with Crippen LogP contribution < -0.4 is 5.19 Å². The molecule has 0 aliphatic carbocycles. The number of nitrogens with zero attached hydrogens (tertiary/aromatic N) is 2. The maximum Gasteiger partial charge on any atom is 0.121 e. The minimum atomic E-state index is -1.35. The van der Waals surface area contributed by atoms with Gasteiger partial charge in [-0.15, -0.1) is 53.6 Å². The fraction of sp³-hybridized carbons (Fsp3) is 0.190. The number of hydrogen-bond acceptors (Lipinski definition) is 3. The molecule has 47 heavy (non-hydrogen) atoms. The van der Waals surface area contributed by atoms with Crippen LogP contribution in [0.4, 0.5) is 0 Å². The number of fused-ring (bicyclic) bond motifs is 3. The van der Waals surface area contributed by atoms with Crippen LogP contribution in [-0.2, 0) is 26.5 Å². The van der Waals surface area contributed by atoms with Gasteiger partial charge in [-0.3, -0.25) is 0 Å². The molecule has 0 unspecified atom stereocenters. The first-order valence-electron chi connectivity index (χ1n) is 16.0. The zero-order chi connectivity index (χ0) is 32.3. The Hall–Kier alpha value is -4.15. The summed E-state index contributed by atoms with van der Waals surface area (Å²) in [7, 11) is -1.35. The van der Waals surface area contributed by atoms with Gasteiger partial charge in [0.15, 0.2) is 0 Å². The van der Waals surface area contributed by atoms with Crippen LogP contribution in [0, 0.1) is 25.0 Å². The third kappa shape index (κ3) is 7.88. The van der Waals surface area contributed by atoms with Gasteiger partial charge in [0.05, 0.1) is 13.7 Å². The summed E-state index contributed by atoms with van der Waals surface area (Å²) >= 11 is 0. The molecule has 0 N–H and O–H groups in total. The van der Waals surface area contributed by atoms with Crippen molar-refractivity contribution in [2.45, 2.75) is 46.8 Å². The maximum atomic E-state index is 6.23. The Bertz CT molecular complexity index is 2080. The predicted molar refractivity (Wildman–Crippen MR) is 196 cm³/mol. The first-order valence-corrected chi connectivity index (χ1v) is 19.5. The second-order valence-electron chi connectivity index (χ2n) is 13.3. The predicted octanol–water partition coefficient (Wildman–Crippen LogP) is 10.7. The summed E-state index contributed by atoms with van der Waals surface area (Å²) in [6.45, 7) is 13.8. The van der Waals surface area contributed by atoms with E-state index in [1.807, 2.05) is 48.5 Å². The molecular weight excluding hydrogens is 769 g/mol. The standard InChI is InChI=1S/C23H14NO.C19H26NSi.Ir/c1-2-7-16(8-3-1)17-12-13-18-19-9-6-10-20(21-11-4-5-14-24-21)23(19)25-22(18)15-17;1-14(2)11-17-12-18(16-9-7-15(3)8-10-16)20-13-19(17)21(4,5)6;/h1-9,11-15H;7-9,12-14H,11H2,1-6H3;/q2*-1;. The monoisotopic (exact) mass is 809 g/mol. The van der Waals surface area contributed by atoms with Crippen molar-refractivity contribution in [3.8, 4) is 33.6 Å². The Kier molecular flexibility index (Phi) is 10.7. The minimum absolute atomic E-state index is 0. The number of aromatic nitrogens is 2. The van der Waals surface area contributed by atoms with Gasteiger partial charge in [0.25, 0.3) is 0 Å². The van der Waals surface area contributed by atoms with Gasteiger partial charge in [0.2, 0.25) is 0 Å². The van der Waals surface area contributed by atoms with Crippen molar-refractivity contribution in [1.29, 1.82) is 0 Å². The van der Waals surface area contributed by atoms with E-state index in [0.29, 0.717) is 5.92 Å². The maximum absolute atomic E-state index is 6.23. The van der Waals surface area contributed by atoms with Gasteiger partial charge in [0, 0.05) is 37.9 Å². The molecule has 0 saturated heterocycles. The van der Waals surface area contributed by atoms with E-state index < -0.39 is 8.07 Å². The molecule has 7 aromatic rings. The molecule has 4 aromatic carbocycles. The molecular formula is C42H40IrN2OSi-2. The van der Waals surface area contributed by atoms with Crippen LogP contribution in [0.5, 0.6) is 0 Å². The molecule has 7 rings (SSSR count). The van der Waals surface area contributed by atoms with E-state index in [4.69, 9.17) is 9.40 Å². The molecule has 0 aliphatic heterocycles. The molecule has 1 radical (unpaired) electrons. The Balaban J connectivity index is 0.000000184. The van der Waals surface area contributed by atoms with E-state index >= 15 is 0 Å². The molecule has 3 aromatic heterocycles. The van der Waals surface area contributed by atoms with Crippen LogP contribution in [0.25, 0.3) is 55.6 Å². The van der Waals surface area contributed by atoms with E-state index in [1.165, 1.54) is 21.9 Å². The van der Waals surface area contributed by atoms with Crippen molar-refractivity contribution in [2.75, 3.05) is 0 Å². The van der Waals surface area contributed by atoms with Gasteiger partial charge in [-0.2, -0.15) is 0 Å². The first-order chi connectivity index (χ1) is 22.2. The number of aryl methyl sites for hydroxylation is 1. The van der Waals surface area contributed by atoms with Gasteiger partial charge in [-0.25, -0.2) is 0 Å². The van der Waals surface area contributed by atoms with Crippen molar-refractivity contribution in [2.24, 2.45) is 5.92 Å². The number of benzene rings is 4. The summed E-state index contributed by atoms with van der Waals surface area (Å²) in [5.41, 5.74) is 10.7. The molecule has 0 bridgehead atoms. The third-order valence-corrected chi connectivity index (χ3v) is 10.2. The van der Waals surface area contributed by atoms with Gasteiger partial charge in [-0.1, -0.05) is 118 Å². The Morgan fingerprint density at radius 3 is 2.23 bits per heavy atom. The minimum Gasteiger partial charge on any atom is -0.501 e. The van der Waals surface area contributed by atoms with E-state index in [9.17, 15) is 0 Å². The average Bonchev–Trinajstić information content (AvgIpc) is 3.44. The van der Waals surface area contributed by atoms with Crippen LogP contribution >= 0.6 is 0 Å². The van der Waals surface area contributed by atoms with Gasteiger partial charge < -0.3 is 14.4 Å². The van der Waals surface area contributed by atoms with Gasteiger partial charge in [0.1, 0.15) is 5.58 Å². The Morgan fingerprint density at radius 1 is 0.766 bits per heavy atom. The van der Waals surface area contributed by atoms with Crippen LogP contribution in [0.1, 0.15) is 25.0 Å². The van der Waals surface area contributed by atoms with E-state index in [1.54, 1.807) is 6.20 Å². The fourth-order valence-corrected chi connectivity index (χ4v) is 7.43. The number of rotatable bonds is 6. The molecule has 5 heteroatoms. The topological polar surface area (TPSA) is 38.9 Å². The van der Waals surface area contributed by atoms with E-state index in [2.05, 4.69) is 118 Å². The molecule has 0 amide bonds. The number of hydrogen-bond donors (Lipinski definition) is 0. The zero-order valence-corrected chi connectivity index (χ0v) is 31.3. The zero-order valence-electron chi connectivity index (χ0n) is 27.9. The smallest absolute Gasteiger partial charge is 0.121 e. The van der Waals surface area contributed by atoms with Crippen LogP contribution in [0.15, 0.2) is 120 Å². The quantitative estimate of drug-likeness (QED) is 0.124. The summed E-state index contributed by atoms with van der Waals surface area (Å²) in [6.07, 6.45) is 5.03. The Morgan fingerprint density at radius 2 is 1.55 bits per heavy atom. The van der Waals surface area contributed by atoms with Crippen molar-refractivity contribution in [1.82, 2.24) is 9.97 Å². The van der Waals surface area contributed by atoms with Crippen LogP contribution in [-0.4, -0.2) is 18.0 Å². The largest absolute Gasteiger partial charge is 0.501 e. The normalized spacial score (nSPS) is 11.3. The summed E-state index contributed by atoms with van der Waals surface area (Å²) in [4.78, 5) is 9.16. The number of pyridine rings is 2. The summed E-state index contributed by atoms with van der Waals surface area (Å²) in [5.74, 6) is 0.664. The Labute approximate surface area is 293 Å². The summed E-state index contributed by atoms with van der Waals surface area (Å²) in [5, 5.41) is 3.70. The van der Waals surface area contributed by atoms with Crippen molar-refractivity contribution < 1.29 is 24.5 Å². The van der Waals surface area contributed by atoms with Gasteiger partial charge >= 0.3 is 0 Å².